The fraction of sp³-hybridized carbons (Fsp3) is 0.375. The Labute approximate surface area is 151 Å². The molecule has 1 aromatic heterocycles. The SMILES string of the molecule is CCn1nccc1N1CCCC(NS(=O)(=O)c2ccc(Cl)cc2)C1=O. The Morgan fingerprint density at radius 2 is 2.00 bits per heavy atom. The van der Waals surface area contributed by atoms with Crippen LogP contribution in [0.4, 0.5) is 5.82 Å². The lowest BCUT2D eigenvalue weighted by molar-refractivity contribution is -0.121. The number of halogens is 1. The Hall–Kier alpha value is -1.90. The summed E-state index contributed by atoms with van der Waals surface area (Å²) < 4.78 is 29.3. The van der Waals surface area contributed by atoms with Gasteiger partial charge in [-0.25, -0.2) is 13.1 Å². The smallest absolute Gasteiger partial charge is 0.246 e. The zero-order valence-corrected chi connectivity index (χ0v) is 15.3. The highest BCUT2D eigenvalue weighted by atomic mass is 35.5. The van der Waals surface area contributed by atoms with Gasteiger partial charge in [-0.2, -0.15) is 9.82 Å². The molecule has 0 saturated carbocycles. The van der Waals surface area contributed by atoms with Crippen LogP contribution >= 0.6 is 11.6 Å². The van der Waals surface area contributed by atoms with Crippen LogP contribution in [0.15, 0.2) is 41.4 Å². The molecule has 0 radical (unpaired) electrons. The standard InChI is InChI=1S/C16H19ClN4O3S/c1-2-21-15(9-10-18-21)20-11-3-4-14(16(20)22)19-25(23,24)13-7-5-12(17)6-8-13/h5-10,14,19H,2-4,11H2,1H3. The van der Waals surface area contributed by atoms with E-state index in [4.69, 9.17) is 11.6 Å². The van der Waals surface area contributed by atoms with Crippen molar-refractivity contribution in [2.75, 3.05) is 11.4 Å². The first-order valence-electron chi connectivity index (χ1n) is 8.03. The van der Waals surface area contributed by atoms with E-state index in [1.165, 1.54) is 24.3 Å². The molecule has 1 unspecified atom stereocenters. The van der Waals surface area contributed by atoms with E-state index >= 15 is 0 Å². The van der Waals surface area contributed by atoms with E-state index in [-0.39, 0.29) is 10.8 Å². The van der Waals surface area contributed by atoms with Gasteiger partial charge in [-0.3, -0.25) is 9.69 Å². The lowest BCUT2D eigenvalue weighted by atomic mass is 10.1. The predicted molar refractivity (Wildman–Crippen MR) is 95.0 cm³/mol. The number of piperidine rings is 1. The minimum absolute atomic E-state index is 0.0837. The molecule has 1 fully saturated rings. The normalized spacial score (nSPS) is 18.6. The molecule has 1 atom stereocenters. The molecule has 1 aliphatic rings. The number of benzene rings is 1. The van der Waals surface area contributed by atoms with Gasteiger partial charge in [0, 0.05) is 24.2 Å². The number of sulfonamides is 1. The van der Waals surface area contributed by atoms with Gasteiger partial charge in [0.2, 0.25) is 15.9 Å². The van der Waals surface area contributed by atoms with Crippen LogP contribution in [-0.2, 0) is 21.4 Å². The summed E-state index contributed by atoms with van der Waals surface area (Å²) in [5.74, 6) is 0.418. The average molecular weight is 383 g/mol. The van der Waals surface area contributed by atoms with Crippen LogP contribution in [0, 0.1) is 0 Å². The molecule has 0 bridgehead atoms. The lowest BCUT2D eigenvalue weighted by Crippen LogP contribution is -2.52. The van der Waals surface area contributed by atoms with Crippen LogP contribution in [-0.4, -0.2) is 36.7 Å². The molecule has 134 valence electrons. The van der Waals surface area contributed by atoms with Crippen molar-refractivity contribution >= 4 is 33.3 Å². The summed E-state index contributed by atoms with van der Waals surface area (Å²) in [7, 11) is -3.80. The van der Waals surface area contributed by atoms with Crippen molar-refractivity contribution in [1.82, 2.24) is 14.5 Å². The van der Waals surface area contributed by atoms with E-state index in [1.54, 1.807) is 21.8 Å². The van der Waals surface area contributed by atoms with E-state index in [1.807, 2.05) is 6.92 Å². The molecule has 25 heavy (non-hydrogen) atoms. The van der Waals surface area contributed by atoms with Gasteiger partial charge in [-0.05, 0) is 44.0 Å². The van der Waals surface area contributed by atoms with Gasteiger partial charge in [0.05, 0.1) is 11.1 Å². The summed E-state index contributed by atoms with van der Waals surface area (Å²) in [5.41, 5.74) is 0. The van der Waals surface area contributed by atoms with Crippen LogP contribution < -0.4 is 9.62 Å². The highest BCUT2D eigenvalue weighted by Gasteiger charge is 2.34. The number of carbonyl (C=O) groups is 1. The zero-order chi connectivity index (χ0) is 18.0. The topological polar surface area (TPSA) is 84.3 Å². The molecule has 9 heteroatoms. The first-order chi connectivity index (χ1) is 11.9. The molecule has 0 aliphatic carbocycles. The van der Waals surface area contributed by atoms with Crippen LogP contribution in [0.25, 0.3) is 0 Å². The summed E-state index contributed by atoms with van der Waals surface area (Å²) in [4.78, 5) is 14.5. The molecule has 2 aromatic rings. The number of amides is 1. The van der Waals surface area contributed by atoms with Crippen LogP contribution in [0.3, 0.4) is 0 Å². The minimum atomic E-state index is -3.80. The number of nitrogens with one attached hydrogen (secondary N) is 1. The summed E-state index contributed by atoms with van der Waals surface area (Å²) in [6.07, 6.45) is 2.80. The summed E-state index contributed by atoms with van der Waals surface area (Å²) in [5, 5.41) is 4.62. The van der Waals surface area contributed by atoms with Crippen molar-refractivity contribution < 1.29 is 13.2 Å². The van der Waals surface area contributed by atoms with Gasteiger partial charge >= 0.3 is 0 Å². The third-order valence-corrected chi connectivity index (χ3v) is 5.87. The number of anilines is 1. The molecular weight excluding hydrogens is 364 g/mol. The van der Waals surface area contributed by atoms with E-state index in [2.05, 4.69) is 9.82 Å². The van der Waals surface area contributed by atoms with E-state index in [9.17, 15) is 13.2 Å². The van der Waals surface area contributed by atoms with Gasteiger partial charge in [0.25, 0.3) is 0 Å². The number of aromatic nitrogens is 2. The fourth-order valence-electron chi connectivity index (χ4n) is 2.88. The zero-order valence-electron chi connectivity index (χ0n) is 13.7. The highest BCUT2D eigenvalue weighted by Crippen LogP contribution is 2.22. The van der Waals surface area contributed by atoms with Crippen molar-refractivity contribution in [3.05, 3.63) is 41.6 Å². The third kappa shape index (κ3) is 3.70. The van der Waals surface area contributed by atoms with Crippen LogP contribution in [0.1, 0.15) is 19.8 Å². The molecule has 3 rings (SSSR count). The van der Waals surface area contributed by atoms with Crippen molar-refractivity contribution in [2.24, 2.45) is 0 Å². The molecule has 1 aliphatic heterocycles. The van der Waals surface area contributed by atoms with E-state index in [0.717, 1.165) is 0 Å². The Kier molecular flexibility index (Phi) is 5.12. The van der Waals surface area contributed by atoms with Crippen molar-refractivity contribution in [3.8, 4) is 0 Å². The molecule has 1 N–H and O–H groups in total. The van der Waals surface area contributed by atoms with Gasteiger partial charge in [-0.1, -0.05) is 11.6 Å². The maximum Gasteiger partial charge on any atom is 0.246 e. The van der Waals surface area contributed by atoms with Gasteiger partial charge in [-0.15, -0.1) is 0 Å². The second-order valence-corrected chi connectivity index (χ2v) is 7.92. The third-order valence-electron chi connectivity index (χ3n) is 4.13. The highest BCUT2D eigenvalue weighted by molar-refractivity contribution is 7.89. The van der Waals surface area contributed by atoms with Gasteiger partial charge in [0.15, 0.2) is 0 Å². The minimum Gasteiger partial charge on any atom is -0.296 e. The van der Waals surface area contributed by atoms with Crippen LogP contribution in [0.5, 0.6) is 0 Å². The number of hydrogen-bond donors (Lipinski definition) is 1. The fourth-order valence-corrected chi connectivity index (χ4v) is 4.23. The first-order valence-corrected chi connectivity index (χ1v) is 9.89. The Morgan fingerprint density at radius 3 is 2.68 bits per heavy atom. The van der Waals surface area contributed by atoms with Crippen LogP contribution in [0.2, 0.25) is 5.02 Å². The Bertz CT molecular complexity index is 864. The largest absolute Gasteiger partial charge is 0.296 e. The maximum absolute atomic E-state index is 12.8. The summed E-state index contributed by atoms with van der Waals surface area (Å²) >= 11 is 5.80. The van der Waals surface area contributed by atoms with Gasteiger partial charge in [0.1, 0.15) is 11.9 Å². The molecule has 1 amide bonds. The van der Waals surface area contributed by atoms with Crippen molar-refractivity contribution in [3.63, 3.8) is 0 Å². The van der Waals surface area contributed by atoms with Crippen molar-refractivity contribution in [2.45, 2.75) is 37.2 Å². The maximum atomic E-state index is 12.8. The predicted octanol–water partition coefficient (Wildman–Crippen LogP) is 2.03. The Balaban J connectivity index is 1.80. The second kappa shape index (κ2) is 7.15. The molecule has 2 heterocycles. The molecular formula is C16H19ClN4O3S. The monoisotopic (exact) mass is 382 g/mol. The number of carbonyl (C=O) groups excluding carboxylic acids is 1. The lowest BCUT2D eigenvalue weighted by Gasteiger charge is -2.32. The van der Waals surface area contributed by atoms with E-state index < -0.39 is 16.1 Å². The molecule has 7 nitrogen and oxygen atoms in total. The quantitative estimate of drug-likeness (QED) is 0.857. The second-order valence-electron chi connectivity index (χ2n) is 5.77. The number of aryl methyl sites for hydroxylation is 1. The molecule has 0 spiro atoms. The van der Waals surface area contributed by atoms with Gasteiger partial charge < -0.3 is 0 Å². The number of nitrogens with zero attached hydrogens (tertiary/aromatic N) is 3. The summed E-state index contributed by atoms with van der Waals surface area (Å²) in [6, 6.07) is 6.81. The molecule has 1 aromatic carbocycles. The average Bonchev–Trinajstić information content (AvgIpc) is 3.05. The van der Waals surface area contributed by atoms with Crippen molar-refractivity contribution in [1.29, 1.82) is 0 Å². The summed E-state index contributed by atoms with van der Waals surface area (Å²) in [6.45, 7) is 3.11. The number of hydrogen-bond acceptors (Lipinski definition) is 4. The first kappa shape index (κ1) is 17.9. The Morgan fingerprint density at radius 1 is 1.28 bits per heavy atom. The van der Waals surface area contributed by atoms with E-state index in [0.29, 0.717) is 36.8 Å². The number of rotatable bonds is 5. The molecule has 1 saturated heterocycles.